The number of benzene rings is 1. The van der Waals surface area contributed by atoms with E-state index in [0.717, 1.165) is 10.8 Å². The van der Waals surface area contributed by atoms with Crippen molar-refractivity contribution in [1.82, 2.24) is 4.90 Å². The van der Waals surface area contributed by atoms with Crippen molar-refractivity contribution in [2.24, 2.45) is 0 Å². The number of halogens is 1. The third kappa shape index (κ3) is 3.58. The van der Waals surface area contributed by atoms with Gasteiger partial charge in [0.2, 0.25) is 0 Å². The largest absolute Gasteiger partial charge is 0.306 e. The maximum absolute atomic E-state index is 2.39. The van der Waals surface area contributed by atoms with Crippen molar-refractivity contribution in [3.63, 3.8) is 0 Å². The van der Waals surface area contributed by atoms with Gasteiger partial charge in [-0.05, 0) is 38.6 Å². The van der Waals surface area contributed by atoms with Crippen LogP contribution < -0.4 is 0 Å². The molecule has 0 spiro atoms. The highest BCUT2D eigenvalue weighted by atomic mass is 127. The third-order valence-electron chi connectivity index (χ3n) is 2.59. The van der Waals surface area contributed by atoms with Crippen LogP contribution in [0.1, 0.15) is 18.1 Å². The van der Waals surface area contributed by atoms with E-state index in [-0.39, 0.29) is 0 Å². The van der Waals surface area contributed by atoms with E-state index in [4.69, 9.17) is 0 Å². The zero-order valence-electron chi connectivity index (χ0n) is 9.13. The molecule has 0 N–H and O–H groups in total. The number of alkyl halides is 1. The van der Waals surface area contributed by atoms with Gasteiger partial charge >= 0.3 is 0 Å². The molecule has 2 heteroatoms. The molecule has 1 atom stereocenters. The van der Waals surface area contributed by atoms with Crippen LogP contribution >= 0.6 is 22.6 Å². The Bertz CT molecular complexity index is 266. The van der Waals surface area contributed by atoms with Crippen molar-refractivity contribution in [1.29, 1.82) is 0 Å². The fourth-order valence-electron chi connectivity index (χ4n) is 1.29. The Kier molecular flexibility index (Phi) is 4.89. The summed E-state index contributed by atoms with van der Waals surface area (Å²) in [5.41, 5.74) is 2.84. The van der Waals surface area contributed by atoms with Gasteiger partial charge in [0.1, 0.15) is 0 Å². The monoisotopic (exact) mass is 303 g/mol. The smallest absolute Gasteiger partial charge is 0.0247 e. The highest BCUT2D eigenvalue weighted by Gasteiger charge is 2.05. The molecule has 0 amide bonds. The van der Waals surface area contributed by atoms with Gasteiger partial charge in [0, 0.05) is 10.5 Å². The van der Waals surface area contributed by atoms with Gasteiger partial charge in [0.25, 0.3) is 0 Å². The number of nitrogens with zero attached hydrogens (tertiary/aromatic N) is 1. The van der Waals surface area contributed by atoms with Crippen LogP contribution in [-0.2, 0) is 10.8 Å². The Hall–Kier alpha value is -0.0900. The molecule has 0 bridgehead atoms. The minimum absolute atomic E-state index is 0.612. The Labute approximate surface area is 101 Å². The highest BCUT2D eigenvalue weighted by Crippen LogP contribution is 2.11. The Morgan fingerprint density at radius 2 is 1.64 bits per heavy atom. The van der Waals surface area contributed by atoms with E-state index in [0.29, 0.717) is 6.04 Å². The van der Waals surface area contributed by atoms with Gasteiger partial charge in [-0.25, -0.2) is 0 Å². The van der Waals surface area contributed by atoms with Crippen molar-refractivity contribution < 1.29 is 0 Å². The second kappa shape index (κ2) is 5.71. The lowest BCUT2D eigenvalue weighted by molar-refractivity contribution is 0.312. The molecule has 1 aromatic rings. The maximum Gasteiger partial charge on any atom is 0.0247 e. The summed E-state index contributed by atoms with van der Waals surface area (Å²) in [6, 6.07) is 9.55. The summed E-state index contributed by atoms with van der Waals surface area (Å²) >= 11 is 2.39. The first-order valence-electron chi connectivity index (χ1n) is 4.93. The minimum Gasteiger partial charge on any atom is -0.306 e. The second-order valence-corrected chi connectivity index (χ2v) is 4.73. The summed E-state index contributed by atoms with van der Waals surface area (Å²) in [6.07, 6.45) is 1.13. The topological polar surface area (TPSA) is 3.24 Å². The van der Waals surface area contributed by atoms with Gasteiger partial charge in [-0.1, -0.05) is 46.9 Å². The molecule has 14 heavy (non-hydrogen) atoms. The zero-order valence-corrected chi connectivity index (χ0v) is 11.3. The lowest BCUT2D eigenvalue weighted by atomic mass is 10.1. The highest BCUT2D eigenvalue weighted by molar-refractivity contribution is 14.1. The van der Waals surface area contributed by atoms with Gasteiger partial charge in [-0.3, -0.25) is 0 Å². The van der Waals surface area contributed by atoms with E-state index in [1.54, 1.807) is 0 Å². The molecule has 0 heterocycles. The van der Waals surface area contributed by atoms with Gasteiger partial charge in [0.15, 0.2) is 0 Å². The molecule has 78 valence electrons. The van der Waals surface area contributed by atoms with Crippen molar-refractivity contribution in [3.05, 3.63) is 35.4 Å². The number of rotatable bonds is 4. The number of likely N-dealkylation sites (N-methyl/N-ethyl adjacent to an activating group) is 1. The average molecular weight is 303 g/mol. The fraction of sp³-hybridized carbons (Fsp3) is 0.500. The van der Waals surface area contributed by atoms with Crippen LogP contribution in [0.5, 0.6) is 0 Å². The molecule has 0 radical (unpaired) electrons. The van der Waals surface area contributed by atoms with Crippen molar-refractivity contribution in [3.8, 4) is 0 Å². The van der Waals surface area contributed by atoms with E-state index >= 15 is 0 Å². The van der Waals surface area contributed by atoms with Crippen LogP contribution in [0.25, 0.3) is 0 Å². The van der Waals surface area contributed by atoms with Crippen LogP contribution in [0.2, 0.25) is 0 Å². The van der Waals surface area contributed by atoms with Crippen molar-refractivity contribution in [2.75, 3.05) is 14.1 Å². The summed E-state index contributed by atoms with van der Waals surface area (Å²) in [4.78, 5) is 2.26. The molecule has 1 aromatic carbocycles. The maximum atomic E-state index is 2.39. The summed E-state index contributed by atoms with van der Waals surface area (Å²) < 4.78 is 1.10. The van der Waals surface area contributed by atoms with Crippen LogP contribution in [0.4, 0.5) is 0 Å². The first-order chi connectivity index (χ1) is 6.63. The lowest BCUT2D eigenvalue weighted by Gasteiger charge is -2.19. The van der Waals surface area contributed by atoms with E-state index in [1.807, 2.05) is 0 Å². The molecule has 0 aromatic heterocycles. The van der Waals surface area contributed by atoms with Gasteiger partial charge in [0.05, 0.1) is 0 Å². The molecular formula is C12H18IN. The zero-order chi connectivity index (χ0) is 10.6. The first-order valence-corrected chi connectivity index (χ1v) is 6.46. The quantitative estimate of drug-likeness (QED) is 0.610. The molecule has 0 unspecified atom stereocenters. The standard InChI is InChI=1S/C12H18IN/c1-10(14(2)3)8-11-4-6-12(9-13)7-5-11/h4-7,10H,8-9H2,1-3H3/t10-/m1/s1. The van der Waals surface area contributed by atoms with Crippen LogP contribution in [0.15, 0.2) is 24.3 Å². The first kappa shape index (κ1) is 12.0. The Balaban J connectivity index is 2.59. The summed E-state index contributed by atoms with van der Waals surface area (Å²) in [6.45, 7) is 2.26. The molecule has 0 fully saturated rings. The summed E-state index contributed by atoms with van der Waals surface area (Å²) in [7, 11) is 4.26. The molecule has 1 rings (SSSR count). The van der Waals surface area contributed by atoms with E-state index in [9.17, 15) is 0 Å². The van der Waals surface area contributed by atoms with Gasteiger partial charge in [-0.2, -0.15) is 0 Å². The predicted octanol–water partition coefficient (Wildman–Crippen LogP) is 3.11. The lowest BCUT2D eigenvalue weighted by Crippen LogP contribution is -2.26. The van der Waals surface area contributed by atoms with Crippen molar-refractivity contribution in [2.45, 2.75) is 23.8 Å². The second-order valence-electron chi connectivity index (χ2n) is 3.97. The molecule has 1 nitrogen and oxygen atoms in total. The summed E-state index contributed by atoms with van der Waals surface area (Å²) in [5, 5.41) is 0. The van der Waals surface area contributed by atoms with Gasteiger partial charge in [-0.15, -0.1) is 0 Å². The Morgan fingerprint density at radius 1 is 1.14 bits per heavy atom. The van der Waals surface area contributed by atoms with Crippen LogP contribution in [0.3, 0.4) is 0 Å². The SMILES string of the molecule is C[C@H](Cc1ccc(CI)cc1)N(C)C. The van der Waals surface area contributed by atoms with E-state index < -0.39 is 0 Å². The molecule has 0 aliphatic heterocycles. The molecule has 0 aliphatic carbocycles. The molecule has 0 aliphatic rings. The van der Waals surface area contributed by atoms with E-state index in [2.05, 4.69) is 72.8 Å². The molecular weight excluding hydrogens is 285 g/mol. The van der Waals surface area contributed by atoms with Crippen molar-refractivity contribution >= 4 is 22.6 Å². The predicted molar refractivity (Wildman–Crippen MR) is 71.0 cm³/mol. The number of hydrogen-bond acceptors (Lipinski definition) is 1. The van der Waals surface area contributed by atoms with E-state index in [1.165, 1.54) is 11.1 Å². The van der Waals surface area contributed by atoms with Gasteiger partial charge < -0.3 is 4.90 Å². The number of hydrogen-bond donors (Lipinski definition) is 0. The minimum atomic E-state index is 0.612. The fourth-order valence-corrected chi connectivity index (χ4v) is 1.80. The molecule has 0 saturated carbocycles. The summed E-state index contributed by atoms with van der Waals surface area (Å²) in [5.74, 6) is 0. The molecule has 0 saturated heterocycles. The normalized spacial score (nSPS) is 13.2. The third-order valence-corrected chi connectivity index (χ3v) is 3.47. The van der Waals surface area contributed by atoms with Crippen LogP contribution in [-0.4, -0.2) is 25.0 Å². The Morgan fingerprint density at radius 3 is 2.07 bits per heavy atom. The average Bonchev–Trinajstić information content (AvgIpc) is 2.19. The van der Waals surface area contributed by atoms with Crippen LogP contribution in [0, 0.1) is 0 Å².